The lowest BCUT2D eigenvalue weighted by molar-refractivity contribution is 0.744. The molecule has 2 N–H and O–H groups in total. The highest BCUT2D eigenvalue weighted by Crippen LogP contribution is 2.13. The third-order valence-corrected chi connectivity index (χ3v) is 2.61. The number of aromatic nitrogens is 1. The molecule has 0 aliphatic heterocycles. The molecular formula is C12H13ClN2. The van der Waals surface area contributed by atoms with Gasteiger partial charge < -0.3 is 10.3 Å². The monoisotopic (exact) mass is 220 g/mol. The summed E-state index contributed by atoms with van der Waals surface area (Å²) in [6.45, 7) is 1.38. The molecule has 0 radical (unpaired) electrons. The van der Waals surface area contributed by atoms with Crippen LogP contribution in [0.3, 0.4) is 0 Å². The normalized spacial score (nSPS) is 10.5. The molecule has 3 heteroatoms. The molecule has 2 aromatic rings. The summed E-state index contributed by atoms with van der Waals surface area (Å²) in [6.07, 6.45) is 2.03. The molecule has 0 spiro atoms. The lowest BCUT2D eigenvalue weighted by Gasteiger charge is -2.07. The molecule has 1 aromatic heterocycles. The number of hydrogen-bond donors (Lipinski definition) is 1. The largest absolute Gasteiger partial charge is 0.346 e. The SMILES string of the molecule is NCc1cccn1Cc1cccc(Cl)c1. The van der Waals surface area contributed by atoms with Crippen molar-refractivity contribution in [2.75, 3.05) is 0 Å². The maximum Gasteiger partial charge on any atom is 0.0473 e. The second-order valence-electron chi connectivity index (χ2n) is 3.46. The highest BCUT2D eigenvalue weighted by Gasteiger charge is 2.00. The maximum atomic E-state index is 5.92. The van der Waals surface area contributed by atoms with Crippen molar-refractivity contribution in [3.63, 3.8) is 0 Å². The minimum atomic E-state index is 0.563. The van der Waals surface area contributed by atoms with Gasteiger partial charge in [-0.3, -0.25) is 0 Å². The maximum absolute atomic E-state index is 5.92. The molecule has 0 saturated carbocycles. The van der Waals surface area contributed by atoms with Crippen molar-refractivity contribution in [2.45, 2.75) is 13.1 Å². The number of benzene rings is 1. The van der Waals surface area contributed by atoms with Crippen LogP contribution in [0.1, 0.15) is 11.3 Å². The first-order valence-electron chi connectivity index (χ1n) is 4.88. The molecule has 0 fully saturated rings. The van der Waals surface area contributed by atoms with Crippen molar-refractivity contribution in [1.29, 1.82) is 0 Å². The molecule has 0 aliphatic rings. The molecule has 15 heavy (non-hydrogen) atoms. The fourth-order valence-electron chi connectivity index (χ4n) is 1.62. The van der Waals surface area contributed by atoms with E-state index in [1.165, 1.54) is 5.56 Å². The van der Waals surface area contributed by atoms with Crippen LogP contribution in [0.2, 0.25) is 5.02 Å². The molecule has 2 nitrogen and oxygen atoms in total. The summed E-state index contributed by atoms with van der Waals surface area (Å²) in [5, 5.41) is 0.772. The van der Waals surface area contributed by atoms with Crippen molar-refractivity contribution >= 4 is 11.6 Å². The zero-order chi connectivity index (χ0) is 10.7. The number of nitrogens with zero attached hydrogens (tertiary/aromatic N) is 1. The van der Waals surface area contributed by atoms with Crippen LogP contribution < -0.4 is 5.73 Å². The van der Waals surface area contributed by atoms with Crippen LogP contribution in [-0.4, -0.2) is 4.57 Å². The van der Waals surface area contributed by atoms with Gasteiger partial charge in [0.1, 0.15) is 0 Å². The van der Waals surface area contributed by atoms with E-state index >= 15 is 0 Å². The lowest BCUT2D eigenvalue weighted by Crippen LogP contribution is -2.07. The number of nitrogens with two attached hydrogens (primary N) is 1. The predicted molar refractivity (Wildman–Crippen MR) is 62.9 cm³/mol. The summed E-state index contributed by atoms with van der Waals surface area (Å²) in [7, 11) is 0. The van der Waals surface area contributed by atoms with Gasteiger partial charge in [-0.2, -0.15) is 0 Å². The molecule has 0 amide bonds. The Morgan fingerprint density at radius 3 is 2.80 bits per heavy atom. The predicted octanol–water partition coefficient (Wildman–Crippen LogP) is 2.65. The summed E-state index contributed by atoms with van der Waals surface area (Å²) in [6, 6.07) is 11.9. The topological polar surface area (TPSA) is 30.9 Å². The van der Waals surface area contributed by atoms with Gasteiger partial charge >= 0.3 is 0 Å². The fraction of sp³-hybridized carbons (Fsp3) is 0.167. The summed E-state index contributed by atoms with van der Waals surface area (Å²) in [5.41, 5.74) is 7.95. The van der Waals surface area contributed by atoms with Crippen LogP contribution >= 0.6 is 11.6 Å². The average molecular weight is 221 g/mol. The summed E-state index contributed by atoms with van der Waals surface area (Å²) >= 11 is 5.92. The van der Waals surface area contributed by atoms with Crippen molar-refractivity contribution in [3.8, 4) is 0 Å². The highest BCUT2D eigenvalue weighted by atomic mass is 35.5. The summed E-state index contributed by atoms with van der Waals surface area (Å²) in [5.74, 6) is 0. The van der Waals surface area contributed by atoms with Gasteiger partial charge in [0.25, 0.3) is 0 Å². The summed E-state index contributed by atoms with van der Waals surface area (Å²) < 4.78 is 2.13. The molecule has 0 aliphatic carbocycles. The van der Waals surface area contributed by atoms with E-state index in [0.29, 0.717) is 6.54 Å². The molecule has 2 rings (SSSR count). The van der Waals surface area contributed by atoms with Gasteiger partial charge in [-0.25, -0.2) is 0 Å². The number of rotatable bonds is 3. The van der Waals surface area contributed by atoms with E-state index in [0.717, 1.165) is 17.3 Å². The molecule has 1 heterocycles. The third-order valence-electron chi connectivity index (χ3n) is 2.37. The average Bonchev–Trinajstić information content (AvgIpc) is 2.65. The first-order valence-corrected chi connectivity index (χ1v) is 5.26. The van der Waals surface area contributed by atoms with E-state index in [4.69, 9.17) is 17.3 Å². The standard InChI is InChI=1S/C12H13ClN2/c13-11-4-1-3-10(7-11)9-15-6-2-5-12(15)8-14/h1-7H,8-9,14H2. The molecule has 0 atom stereocenters. The Labute approximate surface area is 94.3 Å². The van der Waals surface area contributed by atoms with E-state index in [1.807, 2.05) is 36.5 Å². The zero-order valence-corrected chi connectivity index (χ0v) is 9.11. The lowest BCUT2D eigenvalue weighted by atomic mass is 10.2. The first kappa shape index (κ1) is 10.3. The van der Waals surface area contributed by atoms with Crippen LogP contribution in [0.4, 0.5) is 0 Å². The molecule has 0 saturated heterocycles. The number of halogens is 1. The van der Waals surface area contributed by atoms with Crippen LogP contribution in [0.25, 0.3) is 0 Å². The Morgan fingerprint density at radius 2 is 2.07 bits per heavy atom. The molecule has 0 unspecified atom stereocenters. The van der Waals surface area contributed by atoms with Crippen molar-refractivity contribution < 1.29 is 0 Å². The Morgan fingerprint density at radius 1 is 1.20 bits per heavy atom. The van der Waals surface area contributed by atoms with Gasteiger partial charge in [0.15, 0.2) is 0 Å². The fourth-order valence-corrected chi connectivity index (χ4v) is 1.83. The second-order valence-corrected chi connectivity index (χ2v) is 3.90. The van der Waals surface area contributed by atoms with Gasteiger partial charge in [0.05, 0.1) is 0 Å². The van der Waals surface area contributed by atoms with Gasteiger partial charge in [0.2, 0.25) is 0 Å². The number of hydrogen-bond acceptors (Lipinski definition) is 1. The minimum Gasteiger partial charge on any atom is -0.346 e. The van der Waals surface area contributed by atoms with E-state index in [-0.39, 0.29) is 0 Å². The Balaban J connectivity index is 2.22. The van der Waals surface area contributed by atoms with Gasteiger partial charge in [0, 0.05) is 30.0 Å². The molecular weight excluding hydrogens is 208 g/mol. The Kier molecular flexibility index (Phi) is 3.09. The smallest absolute Gasteiger partial charge is 0.0473 e. The van der Waals surface area contributed by atoms with E-state index in [2.05, 4.69) is 10.6 Å². The van der Waals surface area contributed by atoms with Crippen molar-refractivity contribution in [3.05, 3.63) is 58.9 Å². The second kappa shape index (κ2) is 4.51. The highest BCUT2D eigenvalue weighted by molar-refractivity contribution is 6.30. The minimum absolute atomic E-state index is 0.563. The van der Waals surface area contributed by atoms with Gasteiger partial charge in [-0.1, -0.05) is 23.7 Å². The Bertz CT molecular complexity index is 448. The third kappa shape index (κ3) is 2.41. The van der Waals surface area contributed by atoms with Crippen molar-refractivity contribution in [2.24, 2.45) is 5.73 Å². The molecule has 1 aromatic carbocycles. The summed E-state index contributed by atoms with van der Waals surface area (Å²) in [4.78, 5) is 0. The van der Waals surface area contributed by atoms with E-state index in [1.54, 1.807) is 0 Å². The van der Waals surface area contributed by atoms with Gasteiger partial charge in [-0.15, -0.1) is 0 Å². The van der Waals surface area contributed by atoms with Crippen molar-refractivity contribution in [1.82, 2.24) is 4.57 Å². The van der Waals surface area contributed by atoms with Gasteiger partial charge in [-0.05, 0) is 29.8 Å². The quantitative estimate of drug-likeness (QED) is 0.847. The molecule has 78 valence electrons. The van der Waals surface area contributed by atoms with E-state index in [9.17, 15) is 0 Å². The first-order chi connectivity index (χ1) is 7.29. The molecule has 0 bridgehead atoms. The van der Waals surface area contributed by atoms with Crippen LogP contribution in [0.5, 0.6) is 0 Å². The van der Waals surface area contributed by atoms with Crippen LogP contribution in [0.15, 0.2) is 42.6 Å². The van der Waals surface area contributed by atoms with E-state index < -0.39 is 0 Å². The van der Waals surface area contributed by atoms with Crippen LogP contribution in [-0.2, 0) is 13.1 Å². The zero-order valence-electron chi connectivity index (χ0n) is 8.36. The van der Waals surface area contributed by atoms with Crippen LogP contribution in [0, 0.1) is 0 Å². The Hall–Kier alpha value is -1.25.